The SMILES string of the molecule is COc1cccc(C(=O)CN(C(=O)c2ccccc2[N+](=O)[O-])N2C(=O)[C@H]3[C@H](C2=O)[C@H]2C=C[C@H]3C2)c1. The van der Waals surface area contributed by atoms with Crippen molar-refractivity contribution in [2.24, 2.45) is 23.7 Å². The number of nitrogens with zero attached hydrogens (tertiary/aromatic N) is 3. The molecule has 0 N–H and O–H groups in total. The Bertz CT molecular complexity index is 1270. The van der Waals surface area contributed by atoms with Gasteiger partial charge in [-0.1, -0.05) is 36.4 Å². The molecule has 0 spiro atoms. The number of para-hydroxylation sites is 1. The summed E-state index contributed by atoms with van der Waals surface area (Å²) in [5.41, 5.74) is -0.613. The molecule has 1 saturated carbocycles. The highest BCUT2D eigenvalue weighted by Crippen LogP contribution is 2.52. The van der Waals surface area contributed by atoms with Crippen molar-refractivity contribution in [3.05, 3.63) is 81.9 Å². The van der Waals surface area contributed by atoms with Crippen LogP contribution in [-0.2, 0) is 9.59 Å². The molecule has 0 unspecified atom stereocenters. The molecule has 0 radical (unpaired) electrons. The molecule has 3 aliphatic rings. The van der Waals surface area contributed by atoms with Gasteiger partial charge in [-0.3, -0.25) is 29.3 Å². The molecule has 1 aliphatic heterocycles. The normalized spacial score (nSPS) is 24.0. The molecule has 2 aromatic carbocycles. The number of hydrazine groups is 1. The van der Waals surface area contributed by atoms with Gasteiger partial charge in [-0.2, -0.15) is 5.01 Å². The van der Waals surface area contributed by atoms with Crippen LogP contribution in [0, 0.1) is 33.8 Å². The number of fused-ring (bicyclic) bond motifs is 5. The molecule has 1 heterocycles. The maximum absolute atomic E-state index is 13.6. The van der Waals surface area contributed by atoms with Crippen LogP contribution in [0.15, 0.2) is 60.7 Å². The number of carbonyl (C=O) groups is 4. The lowest BCUT2D eigenvalue weighted by Gasteiger charge is -2.30. The third-order valence-electron chi connectivity index (χ3n) is 6.94. The van der Waals surface area contributed by atoms with Crippen molar-refractivity contribution >= 4 is 29.2 Å². The third-order valence-corrected chi connectivity index (χ3v) is 6.94. The molecule has 0 aromatic heterocycles. The first-order valence-corrected chi connectivity index (χ1v) is 11.1. The zero-order valence-corrected chi connectivity index (χ0v) is 18.7. The summed E-state index contributed by atoms with van der Waals surface area (Å²) in [5, 5.41) is 13.1. The molecular formula is C25H21N3O7. The van der Waals surface area contributed by atoms with Gasteiger partial charge in [0, 0.05) is 11.6 Å². The minimum atomic E-state index is -0.976. The quantitative estimate of drug-likeness (QED) is 0.198. The minimum absolute atomic E-state index is 0.108. The Kier molecular flexibility index (Phi) is 5.43. The standard InChI is InChI=1S/C25H21N3O7/c1-35-17-6-4-5-14(12-17)20(29)13-26(23(30)18-7-2-3-8-19(18)28(33)34)27-24(31)21-15-9-10-16(11-15)22(21)25(27)32/h2-10,12,15-16,21-22H,11,13H2,1H3/t15-,16-,21+,22+/m0/s1. The first-order chi connectivity index (χ1) is 16.8. The van der Waals surface area contributed by atoms with E-state index in [1.54, 1.807) is 12.1 Å². The van der Waals surface area contributed by atoms with Gasteiger partial charge in [0.15, 0.2) is 5.78 Å². The number of benzene rings is 2. The molecule has 2 aliphatic carbocycles. The summed E-state index contributed by atoms with van der Waals surface area (Å²) in [6, 6.07) is 11.5. The van der Waals surface area contributed by atoms with Gasteiger partial charge in [0.25, 0.3) is 23.4 Å². The second-order valence-electron chi connectivity index (χ2n) is 8.78. The first-order valence-electron chi connectivity index (χ1n) is 11.1. The predicted molar refractivity (Wildman–Crippen MR) is 121 cm³/mol. The summed E-state index contributed by atoms with van der Waals surface area (Å²) in [5.74, 6) is -3.68. The van der Waals surface area contributed by atoms with E-state index in [2.05, 4.69) is 0 Å². The average Bonchev–Trinajstić information content (AvgIpc) is 3.56. The Balaban J connectivity index is 1.54. The van der Waals surface area contributed by atoms with Crippen LogP contribution in [-0.4, -0.2) is 52.1 Å². The number of allylic oxidation sites excluding steroid dienone is 2. The molecule has 4 atom stereocenters. The lowest BCUT2D eigenvalue weighted by atomic mass is 9.85. The van der Waals surface area contributed by atoms with E-state index in [-0.39, 0.29) is 23.0 Å². The summed E-state index contributed by atoms with van der Waals surface area (Å²) < 4.78 is 5.15. The minimum Gasteiger partial charge on any atom is -0.497 e. The number of amides is 3. The number of nitro benzene ring substituents is 1. The molecule has 2 aromatic rings. The summed E-state index contributed by atoms with van der Waals surface area (Å²) in [6.45, 7) is -0.655. The highest BCUT2D eigenvalue weighted by molar-refractivity contribution is 6.11. The summed E-state index contributed by atoms with van der Waals surface area (Å²) in [6.07, 6.45) is 4.52. The molecule has 3 amide bonds. The maximum atomic E-state index is 13.6. The number of imide groups is 1. The molecular weight excluding hydrogens is 454 g/mol. The van der Waals surface area contributed by atoms with Crippen LogP contribution >= 0.6 is 0 Å². The number of hydrogen-bond acceptors (Lipinski definition) is 7. The molecule has 10 heteroatoms. The highest BCUT2D eigenvalue weighted by atomic mass is 16.6. The highest BCUT2D eigenvalue weighted by Gasteiger charge is 2.61. The number of carbonyl (C=O) groups excluding carboxylic acids is 4. The monoisotopic (exact) mass is 475 g/mol. The Morgan fingerprint density at radius 2 is 1.71 bits per heavy atom. The van der Waals surface area contributed by atoms with Gasteiger partial charge >= 0.3 is 0 Å². The maximum Gasteiger partial charge on any atom is 0.282 e. The molecule has 1 saturated heterocycles. The molecule has 2 bridgehead atoms. The number of rotatable bonds is 7. The smallest absolute Gasteiger partial charge is 0.282 e. The van der Waals surface area contributed by atoms with Gasteiger partial charge in [-0.25, -0.2) is 5.01 Å². The van der Waals surface area contributed by atoms with E-state index >= 15 is 0 Å². The van der Waals surface area contributed by atoms with E-state index in [0.717, 1.165) is 16.1 Å². The molecule has 5 rings (SSSR count). The molecule has 10 nitrogen and oxygen atoms in total. The van der Waals surface area contributed by atoms with Gasteiger partial charge in [0.1, 0.15) is 17.9 Å². The number of hydrogen-bond donors (Lipinski definition) is 0. The van der Waals surface area contributed by atoms with Crippen molar-refractivity contribution < 1.29 is 28.8 Å². The zero-order chi connectivity index (χ0) is 24.9. The van der Waals surface area contributed by atoms with Crippen molar-refractivity contribution in [1.82, 2.24) is 10.0 Å². The largest absolute Gasteiger partial charge is 0.497 e. The Labute approximate surface area is 199 Å². The Morgan fingerprint density at radius 3 is 2.34 bits per heavy atom. The second kappa shape index (κ2) is 8.46. The first kappa shape index (κ1) is 22.5. The second-order valence-corrected chi connectivity index (χ2v) is 8.78. The van der Waals surface area contributed by atoms with E-state index < -0.39 is 52.5 Å². The lowest BCUT2D eigenvalue weighted by molar-refractivity contribution is -0.385. The fraction of sp³-hybridized carbons (Fsp3) is 0.280. The van der Waals surface area contributed by atoms with Crippen molar-refractivity contribution in [2.75, 3.05) is 13.7 Å². The fourth-order valence-corrected chi connectivity index (χ4v) is 5.33. The number of methoxy groups -OCH3 is 1. The summed E-state index contributed by atoms with van der Waals surface area (Å²) in [4.78, 5) is 64.5. The van der Waals surface area contributed by atoms with Crippen LogP contribution in [0.2, 0.25) is 0 Å². The van der Waals surface area contributed by atoms with E-state index in [4.69, 9.17) is 4.74 Å². The number of ether oxygens (including phenoxy) is 1. The van der Waals surface area contributed by atoms with Crippen LogP contribution in [0.4, 0.5) is 5.69 Å². The number of Topliss-reactive ketones (excluding diaryl/α,β-unsaturated/α-hetero) is 1. The molecule has 2 fully saturated rings. The van der Waals surface area contributed by atoms with Gasteiger partial charge in [-0.05, 0) is 36.5 Å². The van der Waals surface area contributed by atoms with E-state index in [9.17, 15) is 29.3 Å². The van der Waals surface area contributed by atoms with Gasteiger partial charge in [-0.15, -0.1) is 0 Å². The number of nitro groups is 1. The van der Waals surface area contributed by atoms with Crippen molar-refractivity contribution in [2.45, 2.75) is 6.42 Å². The summed E-state index contributed by atoms with van der Waals surface area (Å²) >= 11 is 0. The van der Waals surface area contributed by atoms with Gasteiger partial charge in [0.2, 0.25) is 0 Å². The van der Waals surface area contributed by atoms with Crippen LogP contribution in [0.3, 0.4) is 0 Å². The van der Waals surface area contributed by atoms with Crippen LogP contribution in [0.25, 0.3) is 0 Å². The fourth-order valence-electron chi connectivity index (χ4n) is 5.33. The predicted octanol–water partition coefficient (Wildman–Crippen LogP) is 2.65. The van der Waals surface area contributed by atoms with E-state index in [1.165, 1.54) is 37.4 Å². The number of ketones is 1. The van der Waals surface area contributed by atoms with Crippen LogP contribution in [0.1, 0.15) is 27.1 Å². The zero-order valence-electron chi connectivity index (χ0n) is 18.7. The lowest BCUT2D eigenvalue weighted by Crippen LogP contribution is -2.52. The van der Waals surface area contributed by atoms with E-state index in [1.807, 2.05) is 12.2 Å². The van der Waals surface area contributed by atoms with Gasteiger partial charge < -0.3 is 4.74 Å². The molecule has 178 valence electrons. The van der Waals surface area contributed by atoms with Gasteiger partial charge in [0.05, 0.1) is 23.9 Å². The summed E-state index contributed by atoms with van der Waals surface area (Å²) in [7, 11) is 1.44. The molecule has 35 heavy (non-hydrogen) atoms. The van der Waals surface area contributed by atoms with Crippen LogP contribution in [0.5, 0.6) is 5.75 Å². The topological polar surface area (TPSA) is 127 Å². The van der Waals surface area contributed by atoms with E-state index in [0.29, 0.717) is 12.2 Å². The van der Waals surface area contributed by atoms with Crippen molar-refractivity contribution in [3.8, 4) is 5.75 Å². The Hall–Kier alpha value is -4.34. The van der Waals surface area contributed by atoms with Crippen molar-refractivity contribution in [1.29, 1.82) is 0 Å². The van der Waals surface area contributed by atoms with Crippen molar-refractivity contribution in [3.63, 3.8) is 0 Å². The average molecular weight is 475 g/mol. The Morgan fingerprint density at radius 1 is 1.06 bits per heavy atom. The van der Waals surface area contributed by atoms with Crippen LogP contribution < -0.4 is 4.74 Å². The third kappa shape index (κ3) is 3.58.